The molecule has 0 fully saturated rings. The van der Waals surface area contributed by atoms with Gasteiger partial charge in [-0.25, -0.2) is 17.5 Å². The minimum atomic E-state index is -3.61. The molecule has 0 aliphatic rings. The van der Waals surface area contributed by atoms with Crippen molar-refractivity contribution in [2.45, 2.75) is 17.1 Å². The lowest BCUT2D eigenvalue weighted by Crippen LogP contribution is -2.29. The van der Waals surface area contributed by atoms with Crippen LogP contribution in [0.2, 0.25) is 0 Å². The summed E-state index contributed by atoms with van der Waals surface area (Å²) in [6.45, 7) is 2.23. The number of halogens is 1. The molecule has 0 aliphatic carbocycles. The third kappa shape index (κ3) is 3.86. The van der Waals surface area contributed by atoms with Gasteiger partial charge >= 0.3 is 0 Å². The Bertz CT molecular complexity index is 491. The Morgan fingerprint density at radius 2 is 2.18 bits per heavy atom. The van der Waals surface area contributed by atoms with Crippen LogP contribution in [0.15, 0.2) is 23.1 Å². The lowest BCUT2D eigenvalue weighted by Gasteiger charge is -2.11. The summed E-state index contributed by atoms with van der Waals surface area (Å²) in [4.78, 5) is -0.0234. The smallest absolute Gasteiger partial charge is 0.240 e. The minimum absolute atomic E-state index is 0.0234. The van der Waals surface area contributed by atoms with E-state index in [2.05, 4.69) is 4.72 Å². The number of hydrogen-bond acceptors (Lipinski definition) is 4. The number of thioether (sulfide) groups is 1. The molecule has 0 radical (unpaired) electrons. The van der Waals surface area contributed by atoms with Gasteiger partial charge in [-0.1, -0.05) is 6.92 Å². The van der Waals surface area contributed by atoms with Crippen molar-refractivity contribution in [1.82, 2.24) is 4.72 Å². The summed E-state index contributed by atoms with van der Waals surface area (Å²) in [6.07, 6.45) is 1.90. The zero-order valence-electron chi connectivity index (χ0n) is 9.60. The molecular weight excluding hydrogens is 263 g/mol. The van der Waals surface area contributed by atoms with Crippen LogP contribution < -0.4 is 10.5 Å². The summed E-state index contributed by atoms with van der Waals surface area (Å²) in [6, 6.07) is 3.35. The first kappa shape index (κ1) is 14.3. The van der Waals surface area contributed by atoms with Crippen molar-refractivity contribution < 1.29 is 12.8 Å². The number of nitrogens with one attached hydrogen (secondary N) is 1. The van der Waals surface area contributed by atoms with Crippen molar-refractivity contribution >= 4 is 27.5 Å². The van der Waals surface area contributed by atoms with E-state index in [1.165, 1.54) is 6.07 Å². The summed E-state index contributed by atoms with van der Waals surface area (Å²) < 4.78 is 39.0. The van der Waals surface area contributed by atoms with Crippen molar-refractivity contribution in [3.05, 3.63) is 24.0 Å². The van der Waals surface area contributed by atoms with Crippen LogP contribution in [0.3, 0.4) is 0 Å². The maximum absolute atomic E-state index is 12.9. The van der Waals surface area contributed by atoms with E-state index in [1.54, 1.807) is 11.8 Å². The van der Waals surface area contributed by atoms with E-state index in [1.807, 2.05) is 13.2 Å². The van der Waals surface area contributed by atoms with Crippen molar-refractivity contribution in [1.29, 1.82) is 0 Å². The zero-order chi connectivity index (χ0) is 13.1. The topological polar surface area (TPSA) is 72.2 Å². The van der Waals surface area contributed by atoms with Gasteiger partial charge in [0.05, 0.1) is 10.6 Å². The van der Waals surface area contributed by atoms with E-state index in [-0.39, 0.29) is 15.8 Å². The highest BCUT2D eigenvalue weighted by molar-refractivity contribution is 7.99. The molecule has 1 aromatic carbocycles. The van der Waals surface area contributed by atoms with Crippen LogP contribution in [0, 0.1) is 5.82 Å². The van der Waals surface area contributed by atoms with E-state index in [0.717, 1.165) is 12.1 Å². The standard InChI is InChI=1S/C10H15FN2O2S2/c1-7(16-2)6-13-17(14,15)8-3-4-9(11)10(12)5-8/h3-5,7,13H,6,12H2,1-2H3. The Balaban J connectivity index is 2.86. The van der Waals surface area contributed by atoms with Crippen LogP contribution in [0.5, 0.6) is 0 Å². The Morgan fingerprint density at radius 1 is 1.53 bits per heavy atom. The van der Waals surface area contributed by atoms with Gasteiger partial charge in [-0.05, 0) is 24.5 Å². The fraction of sp³-hybridized carbons (Fsp3) is 0.400. The second-order valence-corrected chi connectivity index (χ2v) is 6.62. The van der Waals surface area contributed by atoms with Gasteiger partial charge in [0.1, 0.15) is 5.82 Å². The Hall–Kier alpha value is -0.790. The molecule has 4 nitrogen and oxygen atoms in total. The van der Waals surface area contributed by atoms with Gasteiger partial charge in [-0.2, -0.15) is 11.8 Å². The lowest BCUT2D eigenvalue weighted by atomic mass is 10.3. The normalized spacial score (nSPS) is 13.6. The van der Waals surface area contributed by atoms with Crippen LogP contribution in [0.25, 0.3) is 0 Å². The molecule has 17 heavy (non-hydrogen) atoms. The summed E-state index contributed by atoms with van der Waals surface area (Å²) >= 11 is 1.55. The molecule has 1 aromatic rings. The van der Waals surface area contributed by atoms with E-state index in [4.69, 9.17) is 5.73 Å². The molecule has 0 amide bonds. The van der Waals surface area contributed by atoms with Gasteiger partial charge in [0, 0.05) is 11.8 Å². The van der Waals surface area contributed by atoms with Crippen molar-refractivity contribution in [2.75, 3.05) is 18.5 Å². The third-order valence-electron chi connectivity index (χ3n) is 2.24. The van der Waals surface area contributed by atoms with Crippen LogP contribution in [-0.4, -0.2) is 26.5 Å². The SMILES string of the molecule is CSC(C)CNS(=O)(=O)c1ccc(F)c(N)c1. The number of nitrogen functional groups attached to an aromatic ring is 1. The highest BCUT2D eigenvalue weighted by Crippen LogP contribution is 2.16. The van der Waals surface area contributed by atoms with Gasteiger partial charge in [-0.3, -0.25) is 0 Å². The Kier molecular flexibility index (Phi) is 4.79. The predicted octanol–water partition coefficient (Wildman–Crippen LogP) is 1.44. The molecule has 0 bridgehead atoms. The van der Waals surface area contributed by atoms with Crippen LogP contribution in [-0.2, 0) is 10.0 Å². The zero-order valence-corrected chi connectivity index (χ0v) is 11.2. The lowest BCUT2D eigenvalue weighted by molar-refractivity contribution is 0.580. The minimum Gasteiger partial charge on any atom is -0.396 e. The summed E-state index contributed by atoms with van der Waals surface area (Å²) in [5, 5.41) is 0.169. The van der Waals surface area contributed by atoms with Gasteiger partial charge in [-0.15, -0.1) is 0 Å². The molecule has 1 atom stereocenters. The van der Waals surface area contributed by atoms with Gasteiger partial charge in [0.25, 0.3) is 0 Å². The Morgan fingerprint density at radius 3 is 2.71 bits per heavy atom. The second-order valence-electron chi connectivity index (χ2n) is 3.58. The molecule has 0 saturated heterocycles. The van der Waals surface area contributed by atoms with Gasteiger partial charge in [0.15, 0.2) is 0 Å². The third-order valence-corrected chi connectivity index (χ3v) is 4.63. The van der Waals surface area contributed by atoms with Gasteiger partial charge < -0.3 is 5.73 Å². The van der Waals surface area contributed by atoms with Crippen molar-refractivity contribution in [3.8, 4) is 0 Å². The first-order valence-corrected chi connectivity index (χ1v) is 7.71. The molecular formula is C10H15FN2O2S2. The molecule has 3 N–H and O–H groups in total. The highest BCUT2D eigenvalue weighted by atomic mass is 32.2. The highest BCUT2D eigenvalue weighted by Gasteiger charge is 2.16. The number of anilines is 1. The summed E-state index contributed by atoms with van der Waals surface area (Å²) in [5.74, 6) is -0.624. The molecule has 96 valence electrons. The second kappa shape index (κ2) is 5.70. The van der Waals surface area contributed by atoms with Crippen LogP contribution in [0.1, 0.15) is 6.92 Å². The molecule has 0 spiro atoms. The van der Waals surface area contributed by atoms with Crippen LogP contribution in [0.4, 0.5) is 10.1 Å². The average molecular weight is 278 g/mol. The maximum atomic E-state index is 12.9. The number of nitrogens with two attached hydrogens (primary N) is 1. The molecule has 1 unspecified atom stereocenters. The predicted molar refractivity (Wildman–Crippen MR) is 69.0 cm³/mol. The van der Waals surface area contributed by atoms with E-state index in [0.29, 0.717) is 6.54 Å². The maximum Gasteiger partial charge on any atom is 0.240 e. The molecule has 0 saturated carbocycles. The van der Waals surface area contributed by atoms with Crippen molar-refractivity contribution in [2.24, 2.45) is 0 Å². The molecule has 0 aromatic heterocycles. The summed E-state index contributed by atoms with van der Waals surface area (Å²) in [7, 11) is -3.61. The first-order valence-electron chi connectivity index (χ1n) is 4.94. The number of rotatable bonds is 5. The fourth-order valence-electron chi connectivity index (χ4n) is 1.08. The van der Waals surface area contributed by atoms with Crippen molar-refractivity contribution in [3.63, 3.8) is 0 Å². The number of benzene rings is 1. The first-order chi connectivity index (χ1) is 7.86. The summed E-state index contributed by atoms with van der Waals surface area (Å²) in [5.41, 5.74) is 5.15. The van der Waals surface area contributed by atoms with E-state index >= 15 is 0 Å². The monoisotopic (exact) mass is 278 g/mol. The number of sulfonamides is 1. The quantitative estimate of drug-likeness (QED) is 0.799. The largest absolute Gasteiger partial charge is 0.396 e. The molecule has 0 heterocycles. The Labute approximate surface area is 105 Å². The number of hydrogen-bond donors (Lipinski definition) is 2. The van der Waals surface area contributed by atoms with E-state index in [9.17, 15) is 12.8 Å². The van der Waals surface area contributed by atoms with E-state index < -0.39 is 15.8 Å². The molecule has 0 aliphatic heterocycles. The van der Waals surface area contributed by atoms with Crippen LogP contribution >= 0.6 is 11.8 Å². The fourth-order valence-corrected chi connectivity index (χ4v) is 2.60. The molecule has 1 rings (SSSR count). The average Bonchev–Trinajstić information content (AvgIpc) is 2.29. The van der Waals surface area contributed by atoms with Gasteiger partial charge in [0.2, 0.25) is 10.0 Å². The molecule has 7 heteroatoms.